The van der Waals surface area contributed by atoms with Crippen molar-refractivity contribution >= 4 is 17.7 Å². The van der Waals surface area contributed by atoms with E-state index in [0.717, 1.165) is 24.3 Å². The van der Waals surface area contributed by atoms with Crippen molar-refractivity contribution in [1.29, 1.82) is 0 Å². The molecule has 2 aromatic rings. The molecule has 0 radical (unpaired) electrons. The molecule has 0 spiro atoms. The molecule has 148 valence electrons. The molecule has 1 aliphatic heterocycles. The first-order chi connectivity index (χ1) is 13.6. The molecule has 1 fully saturated rings. The third kappa shape index (κ3) is 5.00. The van der Waals surface area contributed by atoms with Crippen LogP contribution in [-0.4, -0.2) is 60.2 Å². The number of carbonyl (C=O) groups is 2. The van der Waals surface area contributed by atoms with Gasteiger partial charge in [-0.25, -0.2) is 9.78 Å². The van der Waals surface area contributed by atoms with E-state index in [0.29, 0.717) is 38.3 Å². The zero-order valence-corrected chi connectivity index (χ0v) is 16.0. The van der Waals surface area contributed by atoms with E-state index >= 15 is 0 Å². The summed E-state index contributed by atoms with van der Waals surface area (Å²) in [5.41, 5.74) is 1.15. The number of aromatic nitrogens is 1. The van der Waals surface area contributed by atoms with Gasteiger partial charge in [0, 0.05) is 32.6 Å². The number of hydrogen-bond donors (Lipinski definition) is 1. The van der Waals surface area contributed by atoms with Crippen LogP contribution in [0.25, 0.3) is 0 Å². The van der Waals surface area contributed by atoms with Crippen molar-refractivity contribution in [3.05, 3.63) is 53.7 Å². The Morgan fingerprint density at radius 2 is 1.86 bits per heavy atom. The van der Waals surface area contributed by atoms with E-state index in [2.05, 4.69) is 4.98 Å². The van der Waals surface area contributed by atoms with Gasteiger partial charge in [0.1, 0.15) is 11.6 Å². The molecule has 2 heterocycles. The number of ether oxygens (including phenoxy) is 1. The van der Waals surface area contributed by atoms with Gasteiger partial charge in [-0.1, -0.05) is 18.2 Å². The second-order valence-corrected chi connectivity index (χ2v) is 6.76. The standard InChI is InChI=1S/C21H25N3O4/c1-28-17-9-6-16(7-10-17)8-11-20(25)24-13-3-12-23(14-15-24)19-5-2-4-18(22-19)21(26)27/h2,4-7,9-10H,3,8,11-15H2,1H3,(H,26,27). The van der Waals surface area contributed by atoms with Crippen LogP contribution in [0, 0.1) is 0 Å². The highest BCUT2D eigenvalue weighted by molar-refractivity contribution is 5.85. The Kier molecular flexibility index (Phi) is 6.47. The van der Waals surface area contributed by atoms with Crippen LogP contribution in [-0.2, 0) is 11.2 Å². The molecule has 0 saturated carbocycles. The number of anilines is 1. The number of carboxylic acids is 1. The monoisotopic (exact) mass is 383 g/mol. The summed E-state index contributed by atoms with van der Waals surface area (Å²) < 4.78 is 5.15. The predicted octanol–water partition coefficient (Wildman–Crippen LogP) is 2.46. The maximum atomic E-state index is 12.6. The maximum Gasteiger partial charge on any atom is 0.354 e. The van der Waals surface area contributed by atoms with Crippen molar-refractivity contribution < 1.29 is 19.4 Å². The van der Waals surface area contributed by atoms with Gasteiger partial charge >= 0.3 is 5.97 Å². The molecule has 1 amide bonds. The first-order valence-corrected chi connectivity index (χ1v) is 9.43. The number of amides is 1. The van der Waals surface area contributed by atoms with Gasteiger partial charge in [-0.15, -0.1) is 0 Å². The molecule has 7 nitrogen and oxygen atoms in total. The number of benzene rings is 1. The van der Waals surface area contributed by atoms with Crippen LogP contribution in [0.2, 0.25) is 0 Å². The Bertz CT molecular complexity index is 823. The van der Waals surface area contributed by atoms with Gasteiger partial charge < -0.3 is 19.6 Å². The van der Waals surface area contributed by atoms with E-state index in [4.69, 9.17) is 9.84 Å². The molecule has 1 N–H and O–H groups in total. The normalized spacial score (nSPS) is 14.5. The van der Waals surface area contributed by atoms with Gasteiger partial charge in [-0.05, 0) is 42.7 Å². The Morgan fingerprint density at radius 1 is 1.07 bits per heavy atom. The fourth-order valence-electron chi connectivity index (χ4n) is 3.32. The topological polar surface area (TPSA) is 83.0 Å². The van der Waals surface area contributed by atoms with Gasteiger partial charge in [0.15, 0.2) is 5.69 Å². The summed E-state index contributed by atoms with van der Waals surface area (Å²) in [6.07, 6.45) is 2.00. The van der Waals surface area contributed by atoms with Crippen LogP contribution in [0.3, 0.4) is 0 Å². The minimum atomic E-state index is -1.04. The summed E-state index contributed by atoms with van der Waals surface area (Å²) in [6.45, 7) is 2.71. The summed E-state index contributed by atoms with van der Waals surface area (Å²) in [6, 6.07) is 12.8. The summed E-state index contributed by atoms with van der Waals surface area (Å²) in [5, 5.41) is 9.12. The lowest BCUT2D eigenvalue weighted by molar-refractivity contribution is -0.130. The molecule has 28 heavy (non-hydrogen) atoms. The Morgan fingerprint density at radius 3 is 2.57 bits per heavy atom. The van der Waals surface area contributed by atoms with Crippen molar-refractivity contribution in [3.63, 3.8) is 0 Å². The quantitative estimate of drug-likeness (QED) is 0.825. The van der Waals surface area contributed by atoms with Crippen LogP contribution in [0.5, 0.6) is 5.75 Å². The highest BCUT2D eigenvalue weighted by Gasteiger charge is 2.20. The third-order valence-corrected chi connectivity index (χ3v) is 4.91. The molecule has 0 bridgehead atoms. The number of pyridine rings is 1. The first-order valence-electron chi connectivity index (χ1n) is 9.43. The SMILES string of the molecule is COc1ccc(CCC(=O)N2CCCN(c3cccc(C(=O)O)n3)CC2)cc1. The Hall–Kier alpha value is -3.09. The first kappa shape index (κ1) is 19.7. The lowest BCUT2D eigenvalue weighted by atomic mass is 10.1. The molecule has 0 atom stereocenters. The van der Waals surface area contributed by atoms with Crippen LogP contribution in [0.4, 0.5) is 5.82 Å². The fraction of sp³-hybridized carbons (Fsp3) is 0.381. The van der Waals surface area contributed by atoms with Crippen molar-refractivity contribution in [2.45, 2.75) is 19.3 Å². The molecular weight excluding hydrogens is 358 g/mol. The number of carbonyl (C=O) groups excluding carboxylic acids is 1. The van der Waals surface area contributed by atoms with E-state index in [1.165, 1.54) is 6.07 Å². The molecule has 0 aliphatic carbocycles. The number of methoxy groups -OCH3 is 1. The number of aromatic carboxylic acids is 1. The maximum absolute atomic E-state index is 12.6. The van der Waals surface area contributed by atoms with Gasteiger partial charge in [0.25, 0.3) is 0 Å². The van der Waals surface area contributed by atoms with Crippen LogP contribution in [0.15, 0.2) is 42.5 Å². The highest BCUT2D eigenvalue weighted by Crippen LogP contribution is 2.16. The van der Waals surface area contributed by atoms with Crippen molar-refractivity contribution in [2.24, 2.45) is 0 Å². The lowest BCUT2D eigenvalue weighted by Gasteiger charge is -2.23. The molecular formula is C21H25N3O4. The zero-order valence-electron chi connectivity index (χ0n) is 16.0. The summed E-state index contributed by atoms with van der Waals surface area (Å²) in [5.74, 6) is 0.563. The summed E-state index contributed by atoms with van der Waals surface area (Å²) >= 11 is 0. The average molecular weight is 383 g/mol. The molecule has 0 unspecified atom stereocenters. The van der Waals surface area contributed by atoms with Crippen molar-refractivity contribution in [1.82, 2.24) is 9.88 Å². The van der Waals surface area contributed by atoms with E-state index < -0.39 is 5.97 Å². The van der Waals surface area contributed by atoms with Gasteiger partial charge in [-0.2, -0.15) is 0 Å². The van der Waals surface area contributed by atoms with Crippen molar-refractivity contribution in [2.75, 3.05) is 38.2 Å². The second-order valence-electron chi connectivity index (χ2n) is 6.76. The minimum Gasteiger partial charge on any atom is -0.497 e. The smallest absolute Gasteiger partial charge is 0.354 e. The van der Waals surface area contributed by atoms with E-state index in [-0.39, 0.29) is 11.6 Å². The number of carboxylic acid groups (broad SMARTS) is 1. The molecule has 7 heteroatoms. The largest absolute Gasteiger partial charge is 0.497 e. The molecule has 3 rings (SSSR count). The zero-order chi connectivity index (χ0) is 19.9. The number of hydrogen-bond acceptors (Lipinski definition) is 5. The van der Waals surface area contributed by atoms with E-state index in [1.807, 2.05) is 40.1 Å². The van der Waals surface area contributed by atoms with Gasteiger partial charge in [0.2, 0.25) is 5.91 Å². The van der Waals surface area contributed by atoms with E-state index in [1.54, 1.807) is 13.2 Å². The predicted molar refractivity (Wildman–Crippen MR) is 106 cm³/mol. The highest BCUT2D eigenvalue weighted by atomic mass is 16.5. The van der Waals surface area contributed by atoms with E-state index in [9.17, 15) is 9.59 Å². The number of nitrogens with zero attached hydrogens (tertiary/aromatic N) is 3. The van der Waals surface area contributed by atoms with Crippen molar-refractivity contribution in [3.8, 4) is 5.75 Å². The molecule has 1 aliphatic rings. The number of rotatable bonds is 6. The van der Waals surface area contributed by atoms with Crippen LogP contribution < -0.4 is 9.64 Å². The van der Waals surface area contributed by atoms with Crippen LogP contribution >= 0.6 is 0 Å². The Balaban J connectivity index is 1.54. The summed E-state index contributed by atoms with van der Waals surface area (Å²) in [4.78, 5) is 31.9. The fourth-order valence-corrected chi connectivity index (χ4v) is 3.32. The number of aryl methyl sites for hydroxylation is 1. The molecule has 1 aromatic heterocycles. The van der Waals surface area contributed by atoms with Gasteiger partial charge in [0.05, 0.1) is 7.11 Å². The van der Waals surface area contributed by atoms with Crippen LogP contribution in [0.1, 0.15) is 28.9 Å². The lowest BCUT2D eigenvalue weighted by Crippen LogP contribution is -2.35. The van der Waals surface area contributed by atoms with Gasteiger partial charge in [-0.3, -0.25) is 4.79 Å². The second kappa shape index (κ2) is 9.21. The molecule has 1 saturated heterocycles. The molecule has 1 aromatic carbocycles. The summed E-state index contributed by atoms with van der Waals surface area (Å²) in [7, 11) is 1.63. The third-order valence-electron chi connectivity index (χ3n) is 4.91. The average Bonchev–Trinajstić information content (AvgIpc) is 2.99. The Labute approximate surface area is 164 Å². The minimum absolute atomic E-state index is 0.0363.